The number of carbonyl (C=O) groups is 1. The highest BCUT2D eigenvalue weighted by Crippen LogP contribution is 2.23. The van der Waals surface area contributed by atoms with Crippen LogP contribution in [0.15, 0.2) is 54.9 Å². The van der Waals surface area contributed by atoms with Crippen molar-refractivity contribution in [3.8, 4) is 11.4 Å². The Bertz CT molecular complexity index is 778. The summed E-state index contributed by atoms with van der Waals surface area (Å²) in [5.41, 5.74) is 3.91. The number of anilines is 1. The standard InChI is InChI=1S/C18H18N4O/c1-2-5-13-7-9-14(10-8-13)18(23)21-16-12-20-22-17(16)15-6-3-4-11-19-15/h3-4,6-12H,2,5H2,1H3,(H,20,22)(H,21,23). The summed E-state index contributed by atoms with van der Waals surface area (Å²) < 4.78 is 0. The van der Waals surface area contributed by atoms with E-state index in [1.807, 2.05) is 42.5 Å². The third-order valence-corrected chi connectivity index (χ3v) is 3.56. The van der Waals surface area contributed by atoms with E-state index in [-0.39, 0.29) is 5.91 Å². The first-order valence-electron chi connectivity index (χ1n) is 7.63. The maximum Gasteiger partial charge on any atom is 0.255 e. The molecule has 0 fully saturated rings. The number of pyridine rings is 1. The highest BCUT2D eigenvalue weighted by molar-refractivity contribution is 6.05. The van der Waals surface area contributed by atoms with E-state index in [0.717, 1.165) is 18.5 Å². The summed E-state index contributed by atoms with van der Waals surface area (Å²) in [4.78, 5) is 16.7. The van der Waals surface area contributed by atoms with Crippen LogP contribution < -0.4 is 5.32 Å². The first kappa shape index (κ1) is 15.0. The monoisotopic (exact) mass is 306 g/mol. The second-order valence-electron chi connectivity index (χ2n) is 5.27. The number of aromatic amines is 1. The van der Waals surface area contributed by atoms with Crippen LogP contribution in [0.3, 0.4) is 0 Å². The van der Waals surface area contributed by atoms with Gasteiger partial charge in [-0.05, 0) is 36.2 Å². The summed E-state index contributed by atoms with van der Waals surface area (Å²) in [6.07, 6.45) is 5.41. The average molecular weight is 306 g/mol. The molecule has 2 N–H and O–H groups in total. The lowest BCUT2D eigenvalue weighted by Gasteiger charge is -2.06. The largest absolute Gasteiger partial charge is 0.319 e. The van der Waals surface area contributed by atoms with E-state index in [0.29, 0.717) is 16.9 Å². The number of hydrogen-bond acceptors (Lipinski definition) is 3. The fraction of sp³-hybridized carbons (Fsp3) is 0.167. The van der Waals surface area contributed by atoms with Gasteiger partial charge in [-0.25, -0.2) is 0 Å². The van der Waals surface area contributed by atoms with Gasteiger partial charge in [0.2, 0.25) is 0 Å². The van der Waals surface area contributed by atoms with Gasteiger partial charge in [0.05, 0.1) is 17.6 Å². The summed E-state index contributed by atoms with van der Waals surface area (Å²) >= 11 is 0. The van der Waals surface area contributed by atoms with Crippen molar-refractivity contribution in [1.82, 2.24) is 15.2 Å². The normalized spacial score (nSPS) is 10.5. The van der Waals surface area contributed by atoms with Gasteiger partial charge < -0.3 is 5.32 Å². The molecule has 0 saturated carbocycles. The number of nitrogens with one attached hydrogen (secondary N) is 2. The zero-order chi connectivity index (χ0) is 16.1. The molecule has 23 heavy (non-hydrogen) atoms. The van der Waals surface area contributed by atoms with Crippen molar-refractivity contribution in [2.45, 2.75) is 19.8 Å². The number of benzene rings is 1. The van der Waals surface area contributed by atoms with Crippen molar-refractivity contribution in [2.24, 2.45) is 0 Å². The van der Waals surface area contributed by atoms with Gasteiger partial charge in [0.15, 0.2) is 0 Å². The van der Waals surface area contributed by atoms with Crippen molar-refractivity contribution in [1.29, 1.82) is 0 Å². The molecule has 0 aliphatic carbocycles. The maximum atomic E-state index is 12.4. The minimum absolute atomic E-state index is 0.161. The van der Waals surface area contributed by atoms with E-state index >= 15 is 0 Å². The molecule has 3 rings (SSSR count). The molecule has 5 nitrogen and oxygen atoms in total. The molecule has 0 atom stereocenters. The van der Waals surface area contributed by atoms with Crippen molar-refractivity contribution in [2.75, 3.05) is 5.32 Å². The zero-order valence-corrected chi connectivity index (χ0v) is 12.9. The molecule has 3 aromatic rings. The molecule has 2 aromatic heterocycles. The van der Waals surface area contributed by atoms with Crippen LogP contribution in [-0.2, 0) is 6.42 Å². The highest BCUT2D eigenvalue weighted by atomic mass is 16.1. The summed E-state index contributed by atoms with van der Waals surface area (Å²) in [6.45, 7) is 2.14. The second kappa shape index (κ2) is 6.87. The van der Waals surface area contributed by atoms with E-state index in [2.05, 4.69) is 27.4 Å². The number of aromatic nitrogens is 3. The van der Waals surface area contributed by atoms with Gasteiger partial charge in [-0.3, -0.25) is 14.9 Å². The van der Waals surface area contributed by atoms with Gasteiger partial charge in [-0.1, -0.05) is 31.5 Å². The number of amides is 1. The molecule has 116 valence electrons. The molecule has 0 spiro atoms. The van der Waals surface area contributed by atoms with E-state index in [1.165, 1.54) is 5.56 Å². The van der Waals surface area contributed by atoms with Crippen LogP contribution in [0.1, 0.15) is 29.3 Å². The number of hydrogen-bond donors (Lipinski definition) is 2. The smallest absolute Gasteiger partial charge is 0.255 e. The maximum absolute atomic E-state index is 12.4. The second-order valence-corrected chi connectivity index (χ2v) is 5.27. The Kier molecular flexibility index (Phi) is 4.47. The van der Waals surface area contributed by atoms with Crippen LogP contribution >= 0.6 is 0 Å². The lowest BCUT2D eigenvalue weighted by atomic mass is 10.1. The van der Waals surface area contributed by atoms with Gasteiger partial charge in [-0.2, -0.15) is 5.10 Å². The molecule has 5 heteroatoms. The number of H-pyrrole nitrogens is 1. The molecular formula is C18H18N4O. The number of nitrogens with zero attached hydrogens (tertiary/aromatic N) is 2. The van der Waals surface area contributed by atoms with Crippen molar-refractivity contribution < 1.29 is 4.79 Å². The third kappa shape index (κ3) is 3.45. The van der Waals surface area contributed by atoms with Crippen LogP contribution in [0.4, 0.5) is 5.69 Å². The molecule has 0 radical (unpaired) electrons. The minimum Gasteiger partial charge on any atom is -0.319 e. The number of aryl methyl sites for hydroxylation is 1. The van der Waals surface area contributed by atoms with Crippen LogP contribution in [-0.4, -0.2) is 21.1 Å². The number of carbonyl (C=O) groups excluding carboxylic acids is 1. The van der Waals surface area contributed by atoms with Gasteiger partial charge in [-0.15, -0.1) is 0 Å². The quantitative estimate of drug-likeness (QED) is 0.755. The first-order chi connectivity index (χ1) is 11.3. The zero-order valence-electron chi connectivity index (χ0n) is 12.9. The Morgan fingerprint density at radius 3 is 2.70 bits per heavy atom. The van der Waals surface area contributed by atoms with E-state index in [4.69, 9.17) is 0 Å². The Balaban J connectivity index is 1.77. The summed E-state index contributed by atoms with van der Waals surface area (Å²) in [6, 6.07) is 13.3. The molecular weight excluding hydrogens is 288 g/mol. The van der Waals surface area contributed by atoms with Crippen LogP contribution in [0.5, 0.6) is 0 Å². The SMILES string of the molecule is CCCc1ccc(C(=O)Nc2cn[nH]c2-c2ccccn2)cc1. The Labute approximate surface area is 134 Å². The topological polar surface area (TPSA) is 70.7 Å². The molecule has 0 bridgehead atoms. The molecule has 1 aromatic carbocycles. The fourth-order valence-electron chi connectivity index (χ4n) is 2.39. The van der Waals surface area contributed by atoms with Gasteiger partial charge in [0, 0.05) is 11.8 Å². The van der Waals surface area contributed by atoms with E-state index < -0.39 is 0 Å². The average Bonchev–Trinajstić information content (AvgIpc) is 3.05. The fourth-order valence-corrected chi connectivity index (χ4v) is 2.39. The Morgan fingerprint density at radius 2 is 2.00 bits per heavy atom. The summed E-state index contributed by atoms with van der Waals surface area (Å²) in [5, 5.41) is 9.77. The van der Waals surface area contributed by atoms with Gasteiger partial charge in [0.1, 0.15) is 5.69 Å². The summed E-state index contributed by atoms with van der Waals surface area (Å²) in [5.74, 6) is -0.161. The van der Waals surface area contributed by atoms with Crippen molar-refractivity contribution >= 4 is 11.6 Å². The Hall–Kier alpha value is -2.95. The molecule has 1 amide bonds. The van der Waals surface area contributed by atoms with Gasteiger partial charge >= 0.3 is 0 Å². The third-order valence-electron chi connectivity index (χ3n) is 3.56. The summed E-state index contributed by atoms with van der Waals surface area (Å²) in [7, 11) is 0. The van der Waals surface area contributed by atoms with Crippen molar-refractivity contribution in [3.63, 3.8) is 0 Å². The molecule has 2 heterocycles. The van der Waals surface area contributed by atoms with Crippen LogP contribution in [0, 0.1) is 0 Å². The van der Waals surface area contributed by atoms with Crippen LogP contribution in [0.2, 0.25) is 0 Å². The van der Waals surface area contributed by atoms with E-state index in [1.54, 1.807) is 12.4 Å². The predicted molar refractivity (Wildman–Crippen MR) is 90.2 cm³/mol. The lowest BCUT2D eigenvalue weighted by Crippen LogP contribution is -2.12. The lowest BCUT2D eigenvalue weighted by molar-refractivity contribution is 0.102. The van der Waals surface area contributed by atoms with E-state index in [9.17, 15) is 4.79 Å². The number of rotatable bonds is 5. The predicted octanol–water partition coefficient (Wildman–Crippen LogP) is 3.68. The highest BCUT2D eigenvalue weighted by Gasteiger charge is 2.12. The minimum atomic E-state index is -0.161. The molecule has 0 aliphatic heterocycles. The van der Waals surface area contributed by atoms with Gasteiger partial charge in [0.25, 0.3) is 5.91 Å². The van der Waals surface area contributed by atoms with Crippen molar-refractivity contribution in [3.05, 3.63) is 66.0 Å². The first-order valence-corrected chi connectivity index (χ1v) is 7.63. The molecule has 0 unspecified atom stereocenters. The molecule has 0 saturated heterocycles. The van der Waals surface area contributed by atoms with Crippen LogP contribution in [0.25, 0.3) is 11.4 Å². The molecule has 0 aliphatic rings. The Morgan fingerprint density at radius 1 is 1.17 bits per heavy atom.